The second-order valence-corrected chi connectivity index (χ2v) is 5.70. The number of aliphatic carboxylic acids is 1. The quantitative estimate of drug-likeness (QED) is 0.839. The summed E-state index contributed by atoms with van der Waals surface area (Å²) in [7, 11) is 0. The third kappa shape index (κ3) is 2.70. The van der Waals surface area contributed by atoms with Gasteiger partial charge in [0.2, 0.25) is 0 Å². The average molecular weight is 309 g/mol. The number of carbonyl (C=O) groups is 2. The van der Waals surface area contributed by atoms with E-state index in [4.69, 9.17) is 5.11 Å². The van der Waals surface area contributed by atoms with Gasteiger partial charge in [0.25, 0.3) is 5.91 Å². The highest BCUT2D eigenvalue weighted by Gasteiger charge is 2.58. The molecule has 0 bridgehead atoms. The Labute approximate surface area is 128 Å². The van der Waals surface area contributed by atoms with E-state index >= 15 is 0 Å². The predicted molar refractivity (Wildman–Crippen MR) is 77.9 cm³/mol. The third-order valence-corrected chi connectivity index (χ3v) is 4.39. The molecule has 0 radical (unpaired) electrons. The van der Waals surface area contributed by atoms with E-state index in [1.54, 1.807) is 6.92 Å². The van der Waals surface area contributed by atoms with Crippen LogP contribution in [-0.4, -0.2) is 46.3 Å². The summed E-state index contributed by atoms with van der Waals surface area (Å²) in [6, 6.07) is 8.70. The molecule has 0 aliphatic carbocycles. The van der Waals surface area contributed by atoms with E-state index in [2.05, 4.69) is 0 Å². The molecule has 0 aromatic heterocycles. The molecule has 0 saturated carbocycles. The van der Waals surface area contributed by atoms with Crippen LogP contribution in [0.25, 0.3) is 0 Å². The minimum atomic E-state index is -2.08. The van der Waals surface area contributed by atoms with Crippen LogP contribution in [0.3, 0.4) is 0 Å². The highest BCUT2D eigenvalue weighted by atomic mass is 19.1. The fourth-order valence-electron chi connectivity index (χ4n) is 2.97. The maximum Gasteiger partial charge on any atom is 0.315 e. The number of alkyl halides is 1. The van der Waals surface area contributed by atoms with Gasteiger partial charge in [-0.2, -0.15) is 0 Å². The van der Waals surface area contributed by atoms with Crippen LogP contribution in [0.4, 0.5) is 4.39 Å². The SMILES string of the molecule is C[C@H](c1ccccc1)N1C[C@@](CCCO)(C(=O)O)C(F)C1=O. The normalized spacial score (nSPS) is 26.2. The lowest BCUT2D eigenvalue weighted by Gasteiger charge is -2.28. The Morgan fingerprint density at radius 1 is 1.45 bits per heavy atom. The van der Waals surface area contributed by atoms with Gasteiger partial charge in [-0.05, 0) is 25.3 Å². The van der Waals surface area contributed by atoms with Gasteiger partial charge in [-0.25, -0.2) is 4.39 Å². The van der Waals surface area contributed by atoms with Crippen molar-refractivity contribution >= 4 is 11.9 Å². The summed E-state index contributed by atoms with van der Waals surface area (Å²) in [6.45, 7) is 1.34. The summed E-state index contributed by atoms with van der Waals surface area (Å²) >= 11 is 0. The zero-order valence-electron chi connectivity index (χ0n) is 12.4. The van der Waals surface area contributed by atoms with Crippen molar-refractivity contribution in [1.82, 2.24) is 4.90 Å². The van der Waals surface area contributed by atoms with Gasteiger partial charge < -0.3 is 15.1 Å². The van der Waals surface area contributed by atoms with Crippen molar-refractivity contribution in [2.75, 3.05) is 13.2 Å². The van der Waals surface area contributed by atoms with Gasteiger partial charge >= 0.3 is 5.97 Å². The molecule has 1 saturated heterocycles. The Bertz CT molecular complexity index is 550. The van der Waals surface area contributed by atoms with Crippen molar-refractivity contribution in [3.63, 3.8) is 0 Å². The Hall–Kier alpha value is -1.95. The molecule has 6 heteroatoms. The van der Waals surface area contributed by atoms with Crippen LogP contribution in [0, 0.1) is 5.41 Å². The summed E-state index contributed by atoms with van der Waals surface area (Å²) in [5.41, 5.74) is -0.950. The summed E-state index contributed by atoms with van der Waals surface area (Å²) in [4.78, 5) is 25.1. The van der Waals surface area contributed by atoms with Gasteiger partial charge in [0.1, 0.15) is 5.41 Å². The Morgan fingerprint density at radius 3 is 2.64 bits per heavy atom. The first-order valence-electron chi connectivity index (χ1n) is 7.28. The number of carboxylic acids is 1. The monoisotopic (exact) mass is 309 g/mol. The number of benzene rings is 1. The molecular formula is C16H20FNO4. The number of carboxylic acid groups (broad SMARTS) is 1. The Kier molecular flexibility index (Phi) is 4.81. The largest absolute Gasteiger partial charge is 0.481 e. The van der Waals surface area contributed by atoms with E-state index < -0.39 is 29.5 Å². The van der Waals surface area contributed by atoms with Crippen molar-refractivity contribution in [3.05, 3.63) is 35.9 Å². The van der Waals surface area contributed by atoms with Crippen LogP contribution in [-0.2, 0) is 9.59 Å². The van der Waals surface area contributed by atoms with Gasteiger partial charge in [-0.15, -0.1) is 0 Å². The number of aliphatic hydroxyl groups is 1. The zero-order valence-corrected chi connectivity index (χ0v) is 12.4. The molecule has 22 heavy (non-hydrogen) atoms. The van der Waals surface area contributed by atoms with Crippen LogP contribution >= 0.6 is 0 Å². The van der Waals surface area contributed by atoms with Crippen molar-refractivity contribution in [2.45, 2.75) is 32.0 Å². The van der Waals surface area contributed by atoms with Gasteiger partial charge in [0.05, 0.1) is 6.04 Å². The van der Waals surface area contributed by atoms with Crippen molar-refractivity contribution in [3.8, 4) is 0 Å². The number of rotatable bonds is 6. The second-order valence-electron chi connectivity index (χ2n) is 5.70. The first-order valence-corrected chi connectivity index (χ1v) is 7.28. The molecule has 1 heterocycles. The highest BCUT2D eigenvalue weighted by Crippen LogP contribution is 2.42. The summed E-state index contributed by atoms with van der Waals surface area (Å²) in [5, 5.41) is 18.4. The highest BCUT2D eigenvalue weighted by molar-refractivity contribution is 5.93. The molecular weight excluding hydrogens is 289 g/mol. The lowest BCUT2D eigenvalue weighted by atomic mass is 9.81. The fraction of sp³-hybridized carbons (Fsp3) is 0.500. The molecule has 2 rings (SSSR count). The van der Waals surface area contributed by atoms with Gasteiger partial charge in [0, 0.05) is 13.2 Å². The molecule has 2 N–H and O–H groups in total. The smallest absolute Gasteiger partial charge is 0.315 e. The van der Waals surface area contributed by atoms with Crippen LogP contribution in [0.1, 0.15) is 31.4 Å². The van der Waals surface area contributed by atoms with Crippen molar-refractivity contribution in [1.29, 1.82) is 0 Å². The molecule has 1 aliphatic rings. The Morgan fingerprint density at radius 2 is 2.09 bits per heavy atom. The van der Waals surface area contributed by atoms with E-state index in [1.807, 2.05) is 30.3 Å². The van der Waals surface area contributed by atoms with Crippen LogP contribution in [0.15, 0.2) is 30.3 Å². The number of halogens is 1. The van der Waals surface area contributed by atoms with Gasteiger partial charge in [-0.3, -0.25) is 9.59 Å². The molecule has 3 atom stereocenters. The Balaban J connectivity index is 2.29. The maximum absolute atomic E-state index is 14.5. The third-order valence-electron chi connectivity index (χ3n) is 4.39. The number of hydrogen-bond donors (Lipinski definition) is 2. The maximum atomic E-state index is 14.5. The number of nitrogens with zero attached hydrogens (tertiary/aromatic N) is 1. The van der Waals surface area contributed by atoms with Gasteiger partial charge in [0.15, 0.2) is 6.17 Å². The molecule has 1 unspecified atom stereocenters. The number of carbonyl (C=O) groups excluding carboxylic acids is 1. The summed E-state index contributed by atoms with van der Waals surface area (Å²) in [5.74, 6) is -2.12. The van der Waals surface area contributed by atoms with Crippen molar-refractivity contribution < 1.29 is 24.2 Å². The average Bonchev–Trinajstić information content (AvgIpc) is 2.79. The second kappa shape index (κ2) is 6.44. The molecule has 1 aliphatic heterocycles. The molecule has 5 nitrogen and oxygen atoms in total. The predicted octanol–water partition coefficient (Wildman–Crippen LogP) is 1.77. The molecule has 1 aromatic rings. The summed E-state index contributed by atoms with van der Waals surface area (Å²) in [6.07, 6.45) is -2.00. The number of aliphatic hydroxyl groups excluding tert-OH is 1. The molecule has 1 aromatic carbocycles. The van der Waals surface area contributed by atoms with E-state index in [0.717, 1.165) is 5.56 Å². The number of amides is 1. The topological polar surface area (TPSA) is 77.8 Å². The lowest BCUT2D eigenvalue weighted by Crippen LogP contribution is -2.41. The standard InChI is InChI=1S/C16H20FNO4/c1-11(12-6-3-2-4-7-12)18-10-16(15(21)22,8-5-9-19)13(17)14(18)20/h2-4,6-7,11,13,19H,5,8-10H2,1H3,(H,21,22)/t11-,13?,16-/m1/s1. The van der Waals surface area contributed by atoms with E-state index in [-0.39, 0.29) is 26.0 Å². The molecule has 1 fully saturated rings. The zero-order chi connectivity index (χ0) is 16.3. The first-order chi connectivity index (χ1) is 10.4. The molecule has 1 amide bonds. The molecule has 0 spiro atoms. The minimum Gasteiger partial charge on any atom is -0.481 e. The first kappa shape index (κ1) is 16.4. The number of likely N-dealkylation sites (tertiary alicyclic amines) is 1. The van der Waals surface area contributed by atoms with Crippen LogP contribution in [0.5, 0.6) is 0 Å². The number of hydrogen-bond acceptors (Lipinski definition) is 3. The van der Waals surface area contributed by atoms with E-state index in [9.17, 15) is 19.1 Å². The van der Waals surface area contributed by atoms with E-state index in [1.165, 1.54) is 4.90 Å². The van der Waals surface area contributed by atoms with Crippen LogP contribution < -0.4 is 0 Å². The molecule has 120 valence electrons. The lowest BCUT2D eigenvalue weighted by molar-refractivity contribution is -0.153. The minimum absolute atomic E-state index is 0.0657. The van der Waals surface area contributed by atoms with E-state index in [0.29, 0.717) is 0 Å². The van der Waals surface area contributed by atoms with Crippen molar-refractivity contribution in [2.24, 2.45) is 5.41 Å². The summed E-state index contributed by atoms with van der Waals surface area (Å²) < 4.78 is 14.5. The fourth-order valence-corrected chi connectivity index (χ4v) is 2.97. The van der Waals surface area contributed by atoms with Gasteiger partial charge in [-0.1, -0.05) is 30.3 Å². The van der Waals surface area contributed by atoms with Crippen LogP contribution in [0.2, 0.25) is 0 Å².